The Kier molecular flexibility index (Phi) is 4.58. The van der Waals surface area contributed by atoms with Gasteiger partial charge in [-0.25, -0.2) is 9.97 Å². The second kappa shape index (κ2) is 7.40. The molecule has 152 valence electrons. The number of rotatable bonds is 3. The van der Waals surface area contributed by atoms with Crippen molar-refractivity contribution in [2.75, 3.05) is 5.73 Å². The van der Waals surface area contributed by atoms with Crippen molar-refractivity contribution < 1.29 is 14.3 Å². The molecule has 1 aliphatic carbocycles. The Hall–Kier alpha value is -3.48. The Morgan fingerprint density at radius 1 is 1.00 bits per heavy atom. The van der Waals surface area contributed by atoms with E-state index in [2.05, 4.69) is 9.97 Å². The van der Waals surface area contributed by atoms with Crippen molar-refractivity contribution in [2.45, 2.75) is 38.8 Å². The number of anilines is 1. The smallest absolute Gasteiger partial charge is 0.314 e. The fraction of sp³-hybridized carbons (Fsp3) is 0.304. The second-order valence-electron chi connectivity index (χ2n) is 7.94. The van der Waals surface area contributed by atoms with Gasteiger partial charge in [-0.1, -0.05) is 37.1 Å². The van der Waals surface area contributed by atoms with Gasteiger partial charge in [0.2, 0.25) is 5.95 Å². The summed E-state index contributed by atoms with van der Waals surface area (Å²) >= 11 is 0. The molecule has 0 unspecified atom stereocenters. The molecule has 1 aromatic heterocycles. The van der Waals surface area contributed by atoms with Gasteiger partial charge in [0, 0.05) is 18.5 Å². The molecular formula is C23H22N4O3. The average molecular weight is 402 g/mol. The molecule has 0 saturated heterocycles. The number of nitrogens with zero attached hydrogens (tertiary/aromatic N) is 3. The average Bonchev–Trinajstić information content (AvgIpc) is 3.43. The van der Waals surface area contributed by atoms with Crippen LogP contribution < -0.4 is 10.5 Å². The summed E-state index contributed by atoms with van der Waals surface area (Å²) in [6.07, 6.45) is 3.85. The molecule has 2 N–H and O–H groups in total. The number of ether oxygens (including phenoxy) is 1. The molecular weight excluding hydrogens is 380 g/mol. The number of nitrogens with two attached hydrogens (primary N) is 1. The lowest BCUT2D eigenvalue weighted by Gasteiger charge is -2.17. The molecule has 2 aliphatic rings. The summed E-state index contributed by atoms with van der Waals surface area (Å²) in [4.78, 5) is 35.9. The van der Waals surface area contributed by atoms with E-state index in [-0.39, 0.29) is 29.4 Å². The fourth-order valence-electron chi connectivity index (χ4n) is 4.34. The molecule has 7 heteroatoms. The summed E-state index contributed by atoms with van der Waals surface area (Å²) in [6.45, 7) is 1.05. The molecule has 3 aromatic rings. The van der Waals surface area contributed by atoms with Gasteiger partial charge in [-0.2, -0.15) is 0 Å². The van der Waals surface area contributed by atoms with Crippen LogP contribution in [0.3, 0.4) is 0 Å². The molecule has 0 radical (unpaired) electrons. The van der Waals surface area contributed by atoms with E-state index in [9.17, 15) is 9.59 Å². The number of hydrogen-bond acceptors (Lipinski definition) is 6. The monoisotopic (exact) mass is 402 g/mol. The molecule has 1 saturated carbocycles. The van der Waals surface area contributed by atoms with Crippen LogP contribution in [0, 0.1) is 5.92 Å². The maximum Gasteiger partial charge on any atom is 0.314 e. The number of fused-ring (bicyclic) bond motifs is 2. The van der Waals surface area contributed by atoms with Crippen LogP contribution in [0.4, 0.5) is 5.95 Å². The van der Waals surface area contributed by atoms with Gasteiger partial charge >= 0.3 is 5.97 Å². The lowest BCUT2D eigenvalue weighted by atomic mass is 10.1. The third kappa shape index (κ3) is 3.36. The third-order valence-electron chi connectivity index (χ3n) is 5.92. The van der Waals surface area contributed by atoms with Gasteiger partial charge in [-0.05, 0) is 42.2 Å². The number of esters is 1. The number of amides is 1. The number of nitrogen functional groups attached to an aromatic ring is 1. The van der Waals surface area contributed by atoms with Gasteiger partial charge < -0.3 is 15.4 Å². The largest absolute Gasteiger partial charge is 0.426 e. The summed E-state index contributed by atoms with van der Waals surface area (Å²) in [5.74, 6) is -0.0481. The van der Waals surface area contributed by atoms with E-state index in [0.29, 0.717) is 29.7 Å². The zero-order valence-electron chi connectivity index (χ0n) is 16.5. The molecule has 1 fully saturated rings. The first-order valence-electron chi connectivity index (χ1n) is 10.2. The Labute approximate surface area is 173 Å². The predicted molar refractivity (Wildman–Crippen MR) is 112 cm³/mol. The van der Waals surface area contributed by atoms with Crippen LogP contribution in [0.1, 0.15) is 47.3 Å². The number of carbonyl (C=O) groups excluding carboxylic acids is 2. The number of aromatic nitrogens is 2. The van der Waals surface area contributed by atoms with Crippen LogP contribution in [-0.4, -0.2) is 26.7 Å². The van der Waals surface area contributed by atoms with E-state index in [4.69, 9.17) is 10.5 Å². The van der Waals surface area contributed by atoms with E-state index in [1.54, 1.807) is 23.1 Å². The van der Waals surface area contributed by atoms with E-state index in [1.165, 1.54) is 0 Å². The van der Waals surface area contributed by atoms with Crippen LogP contribution >= 0.6 is 0 Å². The van der Waals surface area contributed by atoms with Crippen LogP contribution in [0.2, 0.25) is 0 Å². The SMILES string of the molecule is Nc1nc(C(=O)N2Cc3ccccc3C2)c2cc(OC(=O)C3CCCC3)ccc2n1. The molecule has 1 aliphatic heterocycles. The lowest BCUT2D eigenvalue weighted by Crippen LogP contribution is -2.27. The van der Waals surface area contributed by atoms with Crippen molar-refractivity contribution in [3.63, 3.8) is 0 Å². The summed E-state index contributed by atoms with van der Waals surface area (Å²) < 4.78 is 5.60. The Morgan fingerprint density at radius 2 is 1.70 bits per heavy atom. The minimum absolute atomic E-state index is 0.0401. The molecule has 7 nitrogen and oxygen atoms in total. The molecule has 5 rings (SSSR count). The first-order valence-corrected chi connectivity index (χ1v) is 10.2. The highest BCUT2D eigenvalue weighted by molar-refractivity contribution is 6.05. The summed E-state index contributed by atoms with van der Waals surface area (Å²) in [5.41, 5.74) is 8.90. The minimum Gasteiger partial charge on any atom is -0.426 e. The van der Waals surface area contributed by atoms with Crippen molar-refractivity contribution in [3.05, 3.63) is 59.3 Å². The molecule has 0 atom stereocenters. The fourth-order valence-corrected chi connectivity index (χ4v) is 4.34. The summed E-state index contributed by atoms with van der Waals surface area (Å²) in [7, 11) is 0. The topological polar surface area (TPSA) is 98.4 Å². The molecule has 0 bridgehead atoms. The molecule has 30 heavy (non-hydrogen) atoms. The van der Waals surface area contributed by atoms with Crippen LogP contribution in [0.5, 0.6) is 5.75 Å². The van der Waals surface area contributed by atoms with Gasteiger partial charge in [0.25, 0.3) is 5.91 Å². The molecule has 2 aromatic carbocycles. The van der Waals surface area contributed by atoms with Crippen LogP contribution in [0.25, 0.3) is 10.9 Å². The maximum absolute atomic E-state index is 13.3. The minimum atomic E-state index is -0.218. The molecule has 1 amide bonds. The first kappa shape index (κ1) is 18.5. The van der Waals surface area contributed by atoms with Crippen molar-refractivity contribution >= 4 is 28.7 Å². The van der Waals surface area contributed by atoms with Crippen molar-refractivity contribution in [1.29, 1.82) is 0 Å². The first-order chi connectivity index (χ1) is 14.6. The van der Waals surface area contributed by atoms with Gasteiger partial charge in [0.1, 0.15) is 11.4 Å². The van der Waals surface area contributed by atoms with Crippen molar-refractivity contribution in [2.24, 2.45) is 5.92 Å². The molecule has 0 spiro atoms. The number of carbonyl (C=O) groups is 2. The highest BCUT2D eigenvalue weighted by Crippen LogP contribution is 2.30. The Bertz CT molecular complexity index is 1130. The quantitative estimate of drug-likeness (QED) is 0.532. The van der Waals surface area contributed by atoms with Gasteiger partial charge in [0.05, 0.1) is 11.4 Å². The van der Waals surface area contributed by atoms with E-state index in [0.717, 1.165) is 36.8 Å². The zero-order valence-corrected chi connectivity index (χ0v) is 16.5. The maximum atomic E-state index is 13.3. The van der Waals surface area contributed by atoms with Gasteiger partial charge in [0.15, 0.2) is 0 Å². The van der Waals surface area contributed by atoms with Crippen LogP contribution in [-0.2, 0) is 17.9 Å². The third-order valence-corrected chi connectivity index (χ3v) is 5.92. The number of benzene rings is 2. The highest BCUT2D eigenvalue weighted by Gasteiger charge is 2.28. The van der Waals surface area contributed by atoms with E-state index in [1.807, 2.05) is 24.3 Å². The van der Waals surface area contributed by atoms with Crippen molar-refractivity contribution in [3.8, 4) is 5.75 Å². The zero-order chi connectivity index (χ0) is 20.7. The number of hydrogen-bond donors (Lipinski definition) is 1. The second-order valence-corrected chi connectivity index (χ2v) is 7.94. The lowest BCUT2D eigenvalue weighted by molar-refractivity contribution is -0.138. The van der Waals surface area contributed by atoms with E-state index < -0.39 is 0 Å². The summed E-state index contributed by atoms with van der Waals surface area (Å²) in [6, 6.07) is 13.0. The van der Waals surface area contributed by atoms with Gasteiger partial charge in [-0.15, -0.1) is 0 Å². The Morgan fingerprint density at radius 3 is 2.40 bits per heavy atom. The van der Waals surface area contributed by atoms with E-state index >= 15 is 0 Å². The standard InChI is InChI=1S/C23H22N4O3/c24-23-25-19-10-9-17(30-22(29)14-5-1-2-6-14)11-18(19)20(26-23)21(28)27-12-15-7-3-4-8-16(15)13-27/h3-4,7-11,14H,1-2,5-6,12-13H2,(H2,24,25,26). The highest BCUT2D eigenvalue weighted by atomic mass is 16.5. The summed E-state index contributed by atoms with van der Waals surface area (Å²) in [5, 5.41) is 0.530. The Balaban J connectivity index is 1.46. The normalized spacial score (nSPS) is 16.1. The van der Waals surface area contributed by atoms with Crippen LogP contribution in [0.15, 0.2) is 42.5 Å². The van der Waals surface area contributed by atoms with Crippen molar-refractivity contribution in [1.82, 2.24) is 14.9 Å². The predicted octanol–water partition coefficient (Wildman–Crippen LogP) is 3.46. The molecule has 2 heterocycles. The van der Waals surface area contributed by atoms with Gasteiger partial charge in [-0.3, -0.25) is 9.59 Å².